The third kappa shape index (κ3) is 4.16. The van der Waals surface area contributed by atoms with E-state index in [1.807, 2.05) is 0 Å². The van der Waals surface area contributed by atoms with Gasteiger partial charge in [-0.05, 0) is 12.5 Å². The molecule has 0 fully saturated rings. The molecule has 7 heteroatoms. The molecule has 0 N–H and O–H groups in total. The summed E-state index contributed by atoms with van der Waals surface area (Å²) in [5.74, 6) is -1.60. The van der Waals surface area contributed by atoms with Crippen molar-refractivity contribution in [2.24, 2.45) is 0 Å². The maximum Gasteiger partial charge on any atom is 0.348 e. The average molecular weight is 261 g/mol. The van der Waals surface area contributed by atoms with Gasteiger partial charge >= 0.3 is 11.9 Å². The molecule has 0 aromatic rings. The van der Waals surface area contributed by atoms with E-state index in [1.54, 1.807) is 18.6 Å². The van der Waals surface area contributed by atoms with Crippen LogP contribution in [0.25, 0.3) is 0 Å². The van der Waals surface area contributed by atoms with Crippen molar-refractivity contribution in [3.05, 3.63) is 9.81 Å². The summed E-state index contributed by atoms with van der Waals surface area (Å²) >= 11 is 2.48. The van der Waals surface area contributed by atoms with Crippen molar-refractivity contribution in [1.29, 1.82) is 5.26 Å². The zero-order chi connectivity index (χ0) is 12.6. The SMILES string of the molecule is COC(=O)C(C(=O)OCC#N)=C(SC)SC. The predicted octanol–water partition coefficient (Wildman–Crippen LogP) is 1.16. The second-order valence-electron chi connectivity index (χ2n) is 2.30. The van der Waals surface area contributed by atoms with E-state index >= 15 is 0 Å². The van der Waals surface area contributed by atoms with Crippen LogP contribution in [0.15, 0.2) is 9.81 Å². The smallest absolute Gasteiger partial charge is 0.348 e. The minimum Gasteiger partial charge on any atom is -0.465 e. The monoisotopic (exact) mass is 261 g/mol. The molecular weight excluding hydrogens is 250 g/mol. The molecule has 0 atom stereocenters. The first-order valence-corrected chi connectivity index (χ1v) is 6.51. The van der Waals surface area contributed by atoms with Crippen molar-refractivity contribution in [2.75, 3.05) is 26.2 Å². The number of hydrogen-bond acceptors (Lipinski definition) is 7. The van der Waals surface area contributed by atoms with Crippen LogP contribution in [0.2, 0.25) is 0 Å². The largest absolute Gasteiger partial charge is 0.465 e. The molecule has 5 nitrogen and oxygen atoms in total. The molecule has 0 radical (unpaired) electrons. The quantitative estimate of drug-likeness (QED) is 0.318. The number of methoxy groups -OCH3 is 1. The Morgan fingerprint density at radius 1 is 1.25 bits per heavy atom. The molecule has 16 heavy (non-hydrogen) atoms. The van der Waals surface area contributed by atoms with Gasteiger partial charge in [-0.15, -0.1) is 23.5 Å². The number of thioether (sulfide) groups is 2. The summed E-state index contributed by atoms with van der Waals surface area (Å²) in [6.07, 6.45) is 3.46. The van der Waals surface area contributed by atoms with Crippen LogP contribution < -0.4 is 0 Å². The normalized spacial score (nSPS) is 8.88. The third-order valence-corrected chi connectivity index (χ3v) is 3.59. The molecule has 0 saturated heterocycles. The molecule has 0 unspecified atom stereocenters. The number of ether oxygens (including phenoxy) is 2. The minimum absolute atomic E-state index is 0.169. The van der Waals surface area contributed by atoms with Gasteiger partial charge in [0.25, 0.3) is 0 Å². The number of nitriles is 1. The highest BCUT2D eigenvalue weighted by Crippen LogP contribution is 2.28. The summed E-state index contributed by atoms with van der Waals surface area (Å²) in [5, 5.41) is 8.28. The van der Waals surface area contributed by atoms with E-state index in [0.29, 0.717) is 4.24 Å². The van der Waals surface area contributed by atoms with E-state index in [1.165, 1.54) is 30.6 Å². The molecule has 0 aromatic carbocycles. The highest BCUT2D eigenvalue weighted by atomic mass is 32.2. The number of nitrogens with zero attached hydrogens (tertiary/aromatic N) is 1. The van der Waals surface area contributed by atoms with Gasteiger partial charge in [-0.25, -0.2) is 9.59 Å². The first kappa shape index (κ1) is 14.9. The summed E-state index contributed by atoms with van der Waals surface area (Å²) in [6.45, 7) is -0.393. The highest BCUT2D eigenvalue weighted by Gasteiger charge is 2.25. The zero-order valence-corrected chi connectivity index (χ0v) is 10.7. The fraction of sp³-hybridized carbons (Fsp3) is 0.444. The van der Waals surface area contributed by atoms with E-state index in [9.17, 15) is 9.59 Å². The van der Waals surface area contributed by atoms with E-state index in [2.05, 4.69) is 9.47 Å². The summed E-state index contributed by atoms with van der Waals surface area (Å²) < 4.78 is 9.56. The fourth-order valence-corrected chi connectivity index (χ4v) is 2.22. The van der Waals surface area contributed by atoms with Crippen LogP contribution in [0.4, 0.5) is 0 Å². The Hall–Kier alpha value is -1.13. The topological polar surface area (TPSA) is 76.4 Å². The molecule has 0 aliphatic carbocycles. The van der Waals surface area contributed by atoms with Crippen molar-refractivity contribution in [3.63, 3.8) is 0 Å². The molecule has 0 aliphatic rings. The van der Waals surface area contributed by atoms with Crippen molar-refractivity contribution in [1.82, 2.24) is 0 Å². The lowest BCUT2D eigenvalue weighted by Crippen LogP contribution is -2.18. The zero-order valence-electron chi connectivity index (χ0n) is 9.10. The van der Waals surface area contributed by atoms with E-state index < -0.39 is 18.5 Å². The first-order valence-electron chi connectivity index (χ1n) is 4.07. The van der Waals surface area contributed by atoms with Crippen LogP contribution in [0, 0.1) is 11.3 Å². The summed E-state index contributed by atoms with van der Waals surface area (Å²) in [4.78, 5) is 22.9. The molecular formula is C9H11NO4S2. The molecule has 0 aromatic heterocycles. The van der Waals surface area contributed by atoms with Crippen LogP contribution in [0.3, 0.4) is 0 Å². The van der Waals surface area contributed by atoms with Crippen LogP contribution in [-0.2, 0) is 19.1 Å². The number of esters is 2. The Morgan fingerprint density at radius 3 is 2.19 bits per heavy atom. The van der Waals surface area contributed by atoms with Gasteiger partial charge in [-0.1, -0.05) is 0 Å². The molecule has 0 saturated carbocycles. The predicted molar refractivity (Wildman–Crippen MR) is 62.6 cm³/mol. The molecule has 0 bridgehead atoms. The standard InChI is InChI=1S/C9H11NO4S2/c1-13-7(11)6(9(15-2)16-3)8(12)14-5-4-10/h5H2,1-3H3. The lowest BCUT2D eigenvalue weighted by atomic mass is 10.3. The first-order chi connectivity index (χ1) is 7.62. The fourth-order valence-electron chi connectivity index (χ4n) is 0.810. The molecule has 0 spiro atoms. The highest BCUT2D eigenvalue weighted by molar-refractivity contribution is 8.21. The van der Waals surface area contributed by atoms with Crippen molar-refractivity contribution in [3.8, 4) is 6.07 Å². The number of carbonyl (C=O) groups is 2. The van der Waals surface area contributed by atoms with Crippen LogP contribution in [-0.4, -0.2) is 38.2 Å². The van der Waals surface area contributed by atoms with Crippen molar-refractivity contribution < 1.29 is 19.1 Å². The van der Waals surface area contributed by atoms with E-state index in [-0.39, 0.29) is 5.57 Å². The Kier molecular flexibility index (Phi) is 7.50. The summed E-state index contributed by atoms with van der Waals surface area (Å²) in [7, 11) is 1.18. The number of rotatable bonds is 5. The number of carbonyl (C=O) groups excluding carboxylic acids is 2. The second kappa shape index (κ2) is 8.07. The molecule has 0 amide bonds. The lowest BCUT2D eigenvalue weighted by molar-refractivity contribution is -0.144. The Morgan fingerprint density at radius 2 is 1.81 bits per heavy atom. The Labute approximate surface area is 102 Å². The van der Waals surface area contributed by atoms with Gasteiger partial charge < -0.3 is 9.47 Å². The van der Waals surface area contributed by atoms with Gasteiger partial charge in [0.2, 0.25) is 0 Å². The van der Waals surface area contributed by atoms with Crippen LogP contribution in [0.1, 0.15) is 0 Å². The Bertz CT molecular complexity index is 340. The summed E-state index contributed by atoms with van der Waals surface area (Å²) in [6, 6.07) is 1.65. The van der Waals surface area contributed by atoms with Crippen LogP contribution >= 0.6 is 23.5 Å². The maximum atomic E-state index is 11.5. The molecule has 0 aliphatic heterocycles. The summed E-state index contributed by atoms with van der Waals surface area (Å²) in [5.41, 5.74) is -0.169. The second-order valence-corrected chi connectivity index (χ2v) is 4.19. The third-order valence-electron chi connectivity index (χ3n) is 1.44. The molecule has 88 valence electrons. The van der Waals surface area contributed by atoms with Crippen LogP contribution in [0.5, 0.6) is 0 Å². The maximum absolute atomic E-state index is 11.5. The van der Waals surface area contributed by atoms with Gasteiger partial charge in [0, 0.05) is 0 Å². The molecule has 0 heterocycles. The van der Waals surface area contributed by atoms with E-state index in [0.717, 1.165) is 0 Å². The molecule has 0 rings (SSSR count). The van der Waals surface area contributed by atoms with Gasteiger partial charge in [0.15, 0.2) is 12.2 Å². The Balaban J connectivity index is 5.10. The van der Waals surface area contributed by atoms with E-state index in [4.69, 9.17) is 5.26 Å². The van der Waals surface area contributed by atoms with Gasteiger partial charge in [-0.2, -0.15) is 5.26 Å². The van der Waals surface area contributed by atoms with Crippen molar-refractivity contribution in [2.45, 2.75) is 0 Å². The van der Waals surface area contributed by atoms with Gasteiger partial charge in [0.05, 0.1) is 11.3 Å². The lowest BCUT2D eigenvalue weighted by Gasteiger charge is -2.08. The average Bonchev–Trinajstić information content (AvgIpc) is 2.31. The minimum atomic E-state index is -0.841. The van der Waals surface area contributed by atoms with Gasteiger partial charge in [0.1, 0.15) is 6.07 Å². The number of hydrogen-bond donors (Lipinski definition) is 0. The van der Waals surface area contributed by atoms with Gasteiger partial charge in [-0.3, -0.25) is 0 Å². The van der Waals surface area contributed by atoms with Crippen molar-refractivity contribution >= 4 is 35.5 Å².